The number of amides is 1. The molecule has 2 heterocycles. The molecule has 1 amide bonds. The predicted octanol–water partition coefficient (Wildman–Crippen LogP) is 0.990. The van der Waals surface area contributed by atoms with Crippen LogP contribution in [0.15, 0.2) is 29.2 Å². The highest BCUT2D eigenvalue weighted by molar-refractivity contribution is 7.89. The summed E-state index contributed by atoms with van der Waals surface area (Å²) in [6, 6.07) is 7.09. The minimum absolute atomic E-state index is 0.0510. The van der Waals surface area contributed by atoms with Crippen molar-refractivity contribution < 1.29 is 13.2 Å². The number of hydrogen-bond acceptors (Lipinski definition) is 3. The normalized spacial score (nSPS) is 23.9. The minimum Gasteiger partial charge on any atom is -0.337 e. The lowest BCUT2D eigenvalue weighted by Crippen LogP contribution is -2.53. The molecule has 1 atom stereocenters. The van der Waals surface area contributed by atoms with Crippen molar-refractivity contribution in [2.75, 3.05) is 19.6 Å². The van der Waals surface area contributed by atoms with Crippen molar-refractivity contribution in [2.45, 2.75) is 30.7 Å². The van der Waals surface area contributed by atoms with Crippen LogP contribution in [0.4, 0.5) is 0 Å². The van der Waals surface area contributed by atoms with Crippen LogP contribution in [0.3, 0.4) is 0 Å². The molecular formula is C14H18N2O3S. The minimum atomic E-state index is -3.45. The maximum Gasteiger partial charge on any atom is 0.243 e. The van der Waals surface area contributed by atoms with E-state index in [4.69, 9.17) is 0 Å². The van der Waals surface area contributed by atoms with Crippen LogP contribution >= 0.6 is 0 Å². The second-order valence-corrected chi connectivity index (χ2v) is 7.31. The molecule has 0 radical (unpaired) electrons. The Kier molecular flexibility index (Phi) is 3.30. The van der Waals surface area contributed by atoms with Gasteiger partial charge in [0, 0.05) is 32.1 Å². The summed E-state index contributed by atoms with van der Waals surface area (Å²) in [4.78, 5) is 13.8. The molecule has 2 fully saturated rings. The topological polar surface area (TPSA) is 57.7 Å². The van der Waals surface area contributed by atoms with E-state index in [2.05, 4.69) is 0 Å². The highest BCUT2D eigenvalue weighted by atomic mass is 32.2. The number of rotatable bonds is 2. The molecule has 2 aliphatic rings. The van der Waals surface area contributed by atoms with Gasteiger partial charge in [0.15, 0.2) is 0 Å². The van der Waals surface area contributed by atoms with Crippen molar-refractivity contribution in [3.8, 4) is 0 Å². The van der Waals surface area contributed by atoms with Crippen LogP contribution in [0, 0.1) is 6.92 Å². The summed E-state index contributed by atoms with van der Waals surface area (Å²) in [5.41, 5.74) is 0.762. The summed E-state index contributed by atoms with van der Waals surface area (Å²) in [6.45, 7) is 3.12. The van der Waals surface area contributed by atoms with Gasteiger partial charge in [0.25, 0.3) is 0 Å². The monoisotopic (exact) mass is 294 g/mol. The van der Waals surface area contributed by atoms with E-state index >= 15 is 0 Å². The van der Waals surface area contributed by atoms with Gasteiger partial charge in [-0.15, -0.1) is 0 Å². The number of nitrogens with zero attached hydrogens (tertiary/aromatic N) is 2. The second kappa shape index (κ2) is 4.86. The molecule has 0 spiro atoms. The second-order valence-electron chi connectivity index (χ2n) is 5.41. The van der Waals surface area contributed by atoms with E-state index in [1.54, 1.807) is 12.1 Å². The van der Waals surface area contributed by atoms with E-state index in [-0.39, 0.29) is 11.9 Å². The van der Waals surface area contributed by atoms with Gasteiger partial charge in [0.1, 0.15) is 0 Å². The summed E-state index contributed by atoms with van der Waals surface area (Å²) in [5.74, 6) is 0.155. The van der Waals surface area contributed by atoms with Crippen molar-refractivity contribution in [1.29, 1.82) is 0 Å². The Morgan fingerprint density at radius 1 is 1.20 bits per heavy atom. The summed E-state index contributed by atoms with van der Waals surface area (Å²) in [7, 11) is -3.45. The van der Waals surface area contributed by atoms with Crippen molar-refractivity contribution in [3.63, 3.8) is 0 Å². The molecule has 0 saturated carbocycles. The molecule has 1 aromatic carbocycles. The molecule has 6 heteroatoms. The zero-order valence-electron chi connectivity index (χ0n) is 11.4. The number of piperazine rings is 1. The number of hydrogen-bond donors (Lipinski definition) is 0. The number of benzene rings is 1. The quantitative estimate of drug-likeness (QED) is 0.817. The van der Waals surface area contributed by atoms with Gasteiger partial charge in [-0.05, 0) is 25.0 Å². The average Bonchev–Trinajstić information content (AvgIpc) is 2.80. The largest absolute Gasteiger partial charge is 0.337 e. The zero-order chi connectivity index (χ0) is 14.3. The molecular weight excluding hydrogens is 276 g/mol. The summed E-state index contributed by atoms with van der Waals surface area (Å²) < 4.78 is 26.9. The molecule has 0 unspecified atom stereocenters. The maximum atomic E-state index is 12.7. The van der Waals surface area contributed by atoms with Gasteiger partial charge in [-0.1, -0.05) is 18.2 Å². The van der Waals surface area contributed by atoms with Crippen LogP contribution in [-0.2, 0) is 14.8 Å². The van der Waals surface area contributed by atoms with E-state index in [1.165, 1.54) is 4.31 Å². The fraction of sp³-hybridized carbons (Fsp3) is 0.500. The van der Waals surface area contributed by atoms with Gasteiger partial charge in [-0.2, -0.15) is 4.31 Å². The predicted molar refractivity (Wildman–Crippen MR) is 74.7 cm³/mol. The molecule has 2 aliphatic heterocycles. The number of fused-ring (bicyclic) bond motifs is 1. The van der Waals surface area contributed by atoms with E-state index in [1.807, 2.05) is 24.0 Å². The number of aryl methyl sites for hydroxylation is 1. The highest BCUT2D eigenvalue weighted by Crippen LogP contribution is 2.27. The Morgan fingerprint density at radius 3 is 2.70 bits per heavy atom. The first-order chi connectivity index (χ1) is 9.50. The molecule has 1 aromatic rings. The average molecular weight is 294 g/mol. The van der Waals surface area contributed by atoms with Crippen LogP contribution < -0.4 is 0 Å². The fourth-order valence-corrected chi connectivity index (χ4v) is 4.73. The molecule has 20 heavy (non-hydrogen) atoms. The van der Waals surface area contributed by atoms with Crippen molar-refractivity contribution in [2.24, 2.45) is 0 Å². The Hall–Kier alpha value is -1.40. The van der Waals surface area contributed by atoms with Gasteiger partial charge in [0.05, 0.1) is 4.90 Å². The van der Waals surface area contributed by atoms with Gasteiger partial charge >= 0.3 is 0 Å². The van der Waals surface area contributed by atoms with E-state index in [0.717, 1.165) is 12.0 Å². The van der Waals surface area contributed by atoms with Gasteiger partial charge in [0.2, 0.25) is 15.9 Å². The Morgan fingerprint density at radius 2 is 1.95 bits per heavy atom. The molecule has 0 N–H and O–H groups in total. The zero-order valence-corrected chi connectivity index (χ0v) is 12.3. The molecule has 108 valence electrons. The van der Waals surface area contributed by atoms with Crippen molar-refractivity contribution >= 4 is 15.9 Å². The summed E-state index contributed by atoms with van der Waals surface area (Å²) in [5, 5.41) is 0. The molecule has 0 aromatic heterocycles. The summed E-state index contributed by atoms with van der Waals surface area (Å²) in [6.07, 6.45) is 1.31. The lowest BCUT2D eigenvalue weighted by atomic mass is 10.2. The number of sulfonamides is 1. The van der Waals surface area contributed by atoms with E-state index < -0.39 is 10.0 Å². The van der Waals surface area contributed by atoms with E-state index in [0.29, 0.717) is 31.0 Å². The van der Waals surface area contributed by atoms with Gasteiger partial charge < -0.3 is 4.90 Å². The first-order valence-electron chi connectivity index (χ1n) is 6.85. The first-order valence-corrected chi connectivity index (χ1v) is 8.29. The lowest BCUT2D eigenvalue weighted by Gasteiger charge is -2.36. The Bertz CT molecular complexity index is 642. The Labute approximate surface area is 119 Å². The first kappa shape index (κ1) is 13.6. The molecule has 3 rings (SSSR count). The third-order valence-electron chi connectivity index (χ3n) is 4.17. The van der Waals surface area contributed by atoms with Crippen molar-refractivity contribution in [1.82, 2.24) is 9.21 Å². The number of carbonyl (C=O) groups excluding carboxylic acids is 1. The number of carbonyl (C=O) groups is 1. The Balaban J connectivity index is 1.87. The lowest BCUT2D eigenvalue weighted by molar-refractivity contribution is -0.130. The highest BCUT2D eigenvalue weighted by Gasteiger charge is 2.39. The van der Waals surface area contributed by atoms with Gasteiger partial charge in [-0.3, -0.25) is 4.79 Å². The summed E-state index contributed by atoms with van der Waals surface area (Å²) >= 11 is 0. The molecule has 0 bridgehead atoms. The fourth-order valence-electron chi connectivity index (χ4n) is 3.04. The SMILES string of the molecule is Cc1ccccc1S(=O)(=O)N1CCN2C(=O)CC[C@@H]2C1. The maximum absolute atomic E-state index is 12.7. The van der Waals surface area contributed by atoms with Crippen LogP contribution in [0.25, 0.3) is 0 Å². The van der Waals surface area contributed by atoms with Crippen LogP contribution in [0.5, 0.6) is 0 Å². The molecule has 0 aliphatic carbocycles. The third kappa shape index (κ3) is 2.13. The molecule has 5 nitrogen and oxygen atoms in total. The smallest absolute Gasteiger partial charge is 0.243 e. The van der Waals surface area contributed by atoms with Crippen molar-refractivity contribution in [3.05, 3.63) is 29.8 Å². The molecule has 2 saturated heterocycles. The standard InChI is InChI=1S/C14H18N2O3S/c1-11-4-2-3-5-13(11)20(18,19)15-8-9-16-12(10-15)6-7-14(16)17/h2-5,12H,6-10H2,1H3/t12-/m1/s1. The van der Waals surface area contributed by atoms with Crippen LogP contribution in [-0.4, -0.2) is 49.2 Å². The van der Waals surface area contributed by atoms with Gasteiger partial charge in [-0.25, -0.2) is 8.42 Å². The van der Waals surface area contributed by atoms with E-state index in [9.17, 15) is 13.2 Å². The third-order valence-corrected chi connectivity index (χ3v) is 6.19. The van der Waals surface area contributed by atoms with Crippen LogP contribution in [0.1, 0.15) is 18.4 Å². The van der Waals surface area contributed by atoms with Crippen LogP contribution in [0.2, 0.25) is 0 Å².